The minimum absolute atomic E-state index is 0.201. The van der Waals surface area contributed by atoms with Gasteiger partial charge in [0.05, 0.1) is 7.11 Å². The van der Waals surface area contributed by atoms with Crippen LogP contribution in [0.15, 0.2) is 72.8 Å². The molecule has 0 aromatic heterocycles. The Morgan fingerprint density at radius 2 is 1.78 bits per heavy atom. The van der Waals surface area contributed by atoms with E-state index in [1.54, 1.807) is 43.5 Å². The molecule has 3 rings (SSSR count). The molecule has 3 aromatic carbocycles. The summed E-state index contributed by atoms with van der Waals surface area (Å²) >= 11 is 0. The lowest BCUT2D eigenvalue weighted by Gasteiger charge is -2.11. The van der Waals surface area contributed by atoms with Gasteiger partial charge in [0.1, 0.15) is 23.9 Å². The number of halogens is 1. The fourth-order valence-corrected chi connectivity index (χ4v) is 2.60. The molecule has 0 aliphatic carbocycles. The van der Waals surface area contributed by atoms with Crippen LogP contribution >= 0.6 is 0 Å². The first-order valence-corrected chi connectivity index (χ1v) is 8.53. The standard InChI is InChI=1S/C22H20FNO3/c1-26-21-8-3-2-5-18(21)14-24-22(25)17-6-4-7-20(13-17)27-15-16-9-11-19(23)12-10-16/h2-13H,14-15H2,1H3,(H,24,25). The number of para-hydroxylation sites is 1. The van der Waals surface area contributed by atoms with Crippen molar-refractivity contribution in [3.8, 4) is 11.5 Å². The molecule has 27 heavy (non-hydrogen) atoms. The average Bonchev–Trinajstić information content (AvgIpc) is 2.72. The maximum absolute atomic E-state index is 12.9. The van der Waals surface area contributed by atoms with Crippen molar-refractivity contribution in [3.05, 3.63) is 95.3 Å². The summed E-state index contributed by atoms with van der Waals surface area (Å²) in [7, 11) is 1.60. The van der Waals surface area contributed by atoms with Crippen molar-refractivity contribution in [2.75, 3.05) is 7.11 Å². The van der Waals surface area contributed by atoms with Crippen LogP contribution in [0.2, 0.25) is 0 Å². The van der Waals surface area contributed by atoms with E-state index in [1.165, 1.54) is 12.1 Å². The zero-order chi connectivity index (χ0) is 19.1. The van der Waals surface area contributed by atoms with E-state index < -0.39 is 0 Å². The van der Waals surface area contributed by atoms with E-state index >= 15 is 0 Å². The number of hydrogen-bond donors (Lipinski definition) is 1. The quantitative estimate of drug-likeness (QED) is 0.677. The highest BCUT2D eigenvalue weighted by Gasteiger charge is 2.09. The molecule has 138 valence electrons. The van der Waals surface area contributed by atoms with Gasteiger partial charge in [-0.3, -0.25) is 4.79 Å². The fraction of sp³-hybridized carbons (Fsp3) is 0.136. The Morgan fingerprint density at radius 3 is 2.56 bits per heavy atom. The molecule has 0 spiro atoms. The molecule has 0 saturated heterocycles. The van der Waals surface area contributed by atoms with Gasteiger partial charge in [0.2, 0.25) is 0 Å². The Balaban J connectivity index is 1.60. The largest absolute Gasteiger partial charge is 0.496 e. The highest BCUT2D eigenvalue weighted by atomic mass is 19.1. The first-order chi connectivity index (χ1) is 13.2. The highest BCUT2D eigenvalue weighted by molar-refractivity contribution is 5.94. The lowest BCUT2D eigenvalue weighted by Crippen LogP contribution is -2.23. The monoisotopic (exact) mass is 365 g/mol. The van der Waals surface area contributed by atoms with Crippen molar-refractivity contribution in [3.63, 3.8) is 0 Å². The Hall–Kier alpha value is -3.34. The van der Waals surface area contributed by atoms with E-state index in [0.717, 1.165) is 16.9 Å². The van der Waals surface area contributed by atoms with E-state index in [2.05, 4.69) is 5.32 Å². The van der Waals surface area contributed by atoms with E-state index in [4.69, 9.17) is 9.47 Å². The molecular formula is C22H20FNO3. The van der Waals surface area contributed by atoms with Gasteiger partial charge in [0, 0.05) is 17.7 Å². The molecule has 4 nitrogen and oxygen atoms in total. The summed E-state index contributed by atoms with van der Waals surface area (Å²) in [4.78, 5) is 12.4. The van der Waals surface area contributed by atoms with Crippen molar-refractivity contribution in [1.82, 2.24) is 5.32 Å². The molecule has 0 aliphatic heterocycles. The third-order valence-corrected chi connectivity index (χ3v) is 4.05. The first kappa shape index (κ1) is 18.5. The van der Waals surface area contributed by atoms with Crippen molar-refractivity contribution >= 4 is 5.91 Å². The summed E-state index contributed by atoms with van der Waals surface area (Å²) in [6, 6.07) is 20.6. The lowest BCUT2D eigenvalue weighted by atomic mass is 10.1. The zero-order valence-electron chi connectivity index (χ0n) is 14.9. The first-order valence-electron chi connectivity index (χ1n) is 8.53. The van der Waals surface area contributed by atoms with E-state index in [-0.39, 0.29) is 11.7 Å². The van der Waals surface area contributed by atoms with Crippen LogP contribution in [-0.2, 0) is 13.2 Å². The number of carbonyl (C=O) groups excluding carboxylic acids is 1. The number of carbonyl (C=O) groups is 1. The van der Waals surface area contributed by atoms with Gasteiger partial charge in [-0.05, 0) is 42.0 Å². The predicted octanol–water partition coefficient (Wildman–Crippen LogP) is 4.34. The van der Waals surface area contributed by atoms with E-state index in [0.29, 0.717) is 24.5 Å². The maximum Gasteiger partial charge on any atom is 0.251 e. The molecule has 1 N–H and O–H groups in total. The number of rotatable bonds is 7. The summed E-state index contributed by atoms with van der Waals surface area (Å²) < 4.78 is 23.9. The SMILES string of the molecule is COc1ccccc1CNC(=O)c1cccc(OCc2ccc(F)cc2)c1. The molecule has 0 unspecified atom stereocenters. The Bertz CT molecular complexity index is 909. The van der Waals surface area contributed by atoms with Crippen LogP contribution in [0.4, 0.5) is 4.39 Å². The molecule has 0 saturated carbocycles. The fourth-order valence-electron chi connectivity index (χ4n) is 2.60. The maximum atomic E-state index is 12.9. The highest BCUT2D eigenvalue weighted by Crippen LogP contribution is 2.18. The second kappa shape index (κ2) is 8.85. The number of ether oxygens (including phenoxy) is 2. The summed E-state index contributed by atoms with van der Waals surface area (Å²) in [6.07, 6.45) is 0. The Kier molecular flexibility index (Phi) is 6.05. The smallest absolute Gasteiger partial charge is 0.251 e. The summed E-state index contributed by atoms with van der Waals surface area (Å²) in [5.74, 6) is 0.819. The van der Waals surface area contributed by atoms with Crippen molar-refractivity contribution < 1.29 is 18.7 Å². The molecule has 1 amide bonds. The van der Waals surface area contributed by atoms with Crippen LogP contribution in [0.5, 0.6) is 11.5 Å². The second-order valence-electron chi connectivity index (χ2n) is 5.94. The third-order valence-electron chi connectivity index (χ3n) is 4.05. The predicted molar refractivity (Wildman–Crippen MR) is 101 cm³/mol. The van der Waals surface area contributed by atoms with Gasteiger partial charge in [0.15, 0.2) is 0 Å². The number of benzene rings is 3. The molecule has 3 aromatic rings. The number of methoxy groups -OCH3 is 1. The van der Waals surface area contributed by atoms with Crippen LogP contribution in [0.1, 0.15) is 21.5 Å². The van der Waals surface area contributed by atoms with Crippen LogP contribution in [0.3, 0.4) is 0 Å². The van der Waals surface area contributed by atoms with Crippen molar-refractivity contribution in [1.29, 1.82) is 0 Å². The molecule has 0 fully saturated rings. The zero-order valence-corrected chi connectivity index (χ0v) is 14.9. The molecule has 0 aliphatic rings. The average molecular weight is 365 g/mol. The topological polar surface area (TPSA) is 47.6 Å². The summed E-state index contributed by atoms with van der Waals surface area (Å²) in [5, 5.41) is 2.88. The number of nitrogens with one attached hydrogen (secondary N) is 1. The summed E-state index contributed by atoms with van der Waals surface area (Å²) in [6.45, 7) is 0.663. The molecule has 0 heterocycles. The molecule has 0 atom stereocenters. The number of hydrogen-bond acceptors (Lipinski definition) is 3. The van der Waals surface area contributed by atoms with Gasteiger partial charge < -0.3 is 14.8 Å². The van der Waals surface area contributed by atoms with Gasteiger partial charge in [-0.2, -0.15) is 0 Å². The molecule has 0 bridgehead atoms. The molecule has 0 radical (unpaired) electrons. The van der Waals surface area contributed by atoms with Crippen molar-refractivity contribution in [2.24, 2.45) is 0 Å². The second-order valence-corrected chi connectivity index (χ2v) is 5.94. The van der Waals surface area contributed by atoms with Crippen LogP contribution in [0.25, 0.3) is 0 Å². The van der Waals surface area contributed by atoms with Gasteiger partial charge in [-0.15, -0.1) is 0 Å². The minimum Gasteiger partial charge on any atom is -0.496 e. The lowest BCUT2D eigenvalue weighted by molar-refractivity contribution is 0.0950. The Labute approximate surface area is 157 Å². The van der Waals surface area contributed by atoms with Crippen LogP contribution < -0.4 is 14.8 Å². The van der Waals surface area contributed by atoms with E-state index in [1.807, 2.05) is 24.3 Å². The molecular weight excluding hydrogens is 345 g/mol. The normalized spacial score (nSPS) is 10.3. The third kappa shape index (κ3) is 5.07. The van der Waals surface area contributed by atoms with Crippen LogP contribution in [0, 0.1) is 5.82 Å². The van der Waals surface area contributed by atoms with Crippen molar-refractivity contribution in [2.45, 2.75) is 13.2 Å². The molecule has 5 heteroatoms. The Morgan fingerprint density at radius 1 is 1.00 bits per heavy atom. The van der Waals surface area contributed by atoms with Gasteiger partial charge in [0.25, 0.3) is 5.91 Å². The van der Waals surface area contributed by atoms with Gasteiger partial charge in [-0.25, -0.2) is 4.39 Å². The minimum atomic E-state index is -0.285. The number of amides is 1. The van der Waals surface area contributed by atoms with Gasteiger partial charge in [-0.1, -0.05) is 36.4 Å². The van der Waals surface area contributed by atoms with Crippen LogP contribution in [-0.4, -0.2) is 13.0 Å². The van der Waals surface area contributed by atoms with Gasteiger partial charge >= 0.3 is 0 Å². The summed E-state index contributed by atoms with van der Waals surface area (Å²) in [5.41, 5.74) is 2.25. The van der Waals surface area contributed by atoms with E-state index in [9.17, 15) is 9.18 Å².